The topological polar surface area (TPSA) is 56.6 Å². The van der Waals surface area contributed by atoms with Gasteiger partial charge in [0.1, 0.15) is 6.54 Å². The van der Waals surface area contributed by atoms with Crippen molar-refractivity contribution in [2.24, 2.45) is 0 Å². The molecule has 0 aliphatic carbocycles. The van der Waals surface area contributed by atoms with E-state index in [9.17, 15) is 8.42 Å². The van der Waals surface area contributed by atoms with E-state index in [1.165, 1.54) is 10.5 Å². The molecular weight excluding hydrogens is 380 g/mol. The third-order valence-electron chi connectivity index (χ3n) is 4.83. The number of nitrogens with zero attached hydrogens (tertiary/aromatic N) is 1. The Bertz CT molecular complexity index is 1080. The lowest BCUT2D eigenvalue weighted by molar-refractivity contribution is -0.956. The van der Waals surface area contributed by atoms with E-state index in [4.69, 9.17) is 16.6 Å². The van der Waals surface area contributed by atoms with Crippen molar-refractivity contribution in [3.8, 4) is 0 Å². The SMILES string of the molecule is CCS(=O)(=O)c1ccc2oc(=S)n(C[NH+](Cc3ccccc3)C(C)C)c2c1. The average Bonchev–Trinajstić information content (AvgIpc) is 2.96. The van der Waals surface area contributed by atoms with Gasteiger partial charge in [-0.25, -0.2) is 8.42 Å². The number of quaternary nitrogens is 1. The zero-order chi connectivity index (χ0) is 19.6. The van der Waals surface area contributed by atoms with Crippen molar-refractivity contribution in [1.29, 1.82) is 0 Å². The maximum absolute atomic E-state index is 12.3. The average molecular weight is 406 g/mol. The molecule has 0 fully saturated rings. The lowest BCUT2D eigenvalue weighted by atomic mass is 10.2. The normalized spacial score (nSPS) is 13.3. The largest absolute Gasteiger partial charge is 0.429 e. The highest BCUT2D eigenvalue weighted by atomic mass is 32.2. The molecule has 1 unspecified atom stereocenters. The van der Waals surface area contributed by atoms with Crippen LogP contribution in [-0.2, 0) is 23.1 Å². The second kappa shape index (κ2) is 7.96. The fourth-order valence-corrected chi connectivity index (χ4v) is 4.21. The lowest BCUT2D eigenvalue weighted by Crippen LogP contribution is -3.13. The molecule has 0 saturated carbocycles. The number of sulfone groups is 1. The molecule has 7 heteroatoms. The van der Waals surface area contributed by atoms with Crippen molar-refractivity contribution in [3.05, 3.63) is 58.9 Å². The molecule has 3 aromatic rings. The van der Waals surface area contributed by atoms with Gasteiger partial charge in [-0.3, -0.25) is 4.57 Å². The summed E-state index contributed by atoms with van der Waals surface area (Å²) in [6.07, 6.45) is 0. The Hall–Kier alpha value is -1.96. The molecule has 1 atom stereocenters. The molecule has 1 heterocycles. The van der Waals surface area contributed by atoms with Crippen LogP contribution < -0.4 is 4.90 Å². The molecule has 1 N–H and O–H groups in total. The standard InChI is InChI=1S/C20H24N2O3S2/c1-4-27(23,24)17-10-11-19-18(12-17)22(20(26)25-19)14-21(15(2)3)13-16-8-6-5-7-9-16/h5-12,15H,4,13-14H2,1-3H3/p+1. The van der Waals surface area contributed by atoms with Crippen LogP contribution in [0.4, 0.5) is 0 Å². The molecule has 0 aliphatic rings. The van der Waals surface area contributed by atoms with Crippen LogP contribution in [0.5, 0.6) is 0 Å². The first-order chi connectivity index (χ1) is 12.8. The molecule has 0 spiro atoms. The van der Waals surface area contributed by atoms with Gasteiger partial charge in [0.15, 0.2) is 22.1 Å². The van der Waals surface area contributed by atoms with Gasteiger partial charge in [-0.2, -0.15) is 0 Å². The molecule has 3 rings (SSSR count). The van der Waals surface area contributed by atoms with Gasteiger partial charge < -0.3 is 9.32 Å². The maximum Gasteiger partial charge on any atom is 0.274 e. The van der Waals surface area contributed by atoms with Crippen LogP contribution in [-0.4, -0.2) is 24.8 Å². The number of nitrogens with one attached hydrogen (secondary N) is 1. The molecule has 1 aromatic heterocycles. The number of hydrogen-bond acceptors (Lipinski definition) is 4. The Morgan fingerprint density at radius 3 is 2.48 bits per heavy atom. The second-order valence-electron chi connectivity index (χ2n) is 6.96. The van der Waals surface area contributed by atoms with E-state index in [0.29, 0.717) is 28.0 Å². The van der Waals surface area contributed by atoms with E-state index in [-0.39, 0.29) is 5.75 Å². The van der Waals surface area contributed by atoms with Gasteiger partial charge in [0.2, 0.25) is 0 Å². The third kappa shape index (κ3) is 4.31. The Morgan fingerprint density at radius 2 is 1.85 bits per heavy atom. The van der Waals surface area contributed by atoms with E-state index < -0.39 is 9.84 Å². The van der Waals surface area contributed by atoms with Crippen molar-refractivity contribution in [2.45, 2.75) is 44.9 Å². The molecule has 2 aromatic carbocycles. The summed E-state index contributed by atoms with van der Waals surface area (Å²) in [5.41, 5.74) is 2.58. The van der Waals surface area contributed by atoms with Crippen LogP contribution in [0.3, 0.4) is 0 Å². The molecule has 0 radical (unpaired) electrons. The number of rotatable bonds is 7. The van der Waals surface area contributed by atoms with Gasteiger partial charge in [-0.15, -0.1) is 0 Å². The molecule has 0 saturated heterocycles. The highest BCUT2D eigenvalue weighted by molar-refractivity contribution is 7.91. The van der Waals surface area contributed by atoms with Crippen LogP contribution in [0.2, 0.25) is 0 Å². The summed E-state index contributed by atoms with van der Waals surface area (Å²) in [4.78, 5) is 1.97. The summed E-state index contributed by atoms with van der Waals surface area (Å²) in [5.74, 6) is 0.0640. The predicted octanol–water partition coefficient (Wildman–Crippen LogP) is 3.21. The summed E-state index contributed by atoms with van der Waals surface area (Å²) in [7, 11) is -3.29. The van der Waals surface area contributed by atoms with Gasteiger partial charge in [0, 0.05) is 5.56 Å². The summed E-state index contributed by atoms with van der Waals surface area (Å²) >= 11 is 5.42. The first-order valence-corrected chi connectivity index (χ1v) is 11.1. The van der Waals surface area contributed by atoms with Gasteiger partial charge in [0.05, 0.1) is 22.2 Å². The molecule has 0 amide bonds. The first-order valence-electron chi connectivity index (χ1n) is 9.06. The predicted molar refractivity (Wildman–Crippen MR) is 109 cm³/mol. The zero-order valence-electron chi connectivity index (χ0n) is 15.8. The third-order valence-corrected chi connectivity index (χ3v) is 6.87. The lowest BCUT2D eigenvalue weighted by Gasteiger charge is -2.24. The minimum atomic E-state index is -3.29. The summed E-state index contributed by atoms with van der Waals surface area (Å²) < 4.78 is 32.1. The van der Waals surface area contributed by atoms with E-state index >= 15 is 0 Å². The van der Waals surface area contributed by atoms with Crippen molar-refractivity contribution in [2.75, 3.05) is 5.75 Å². The monoisotopic (exact) mass is 405 g/mol. The Morgan fingerprint density at radius 1 is 1.15 bits per heavy atom. The van der Waals surface area contributed by atoms with Crippen LogP contribution >= 0.6 is 12.2 Å². The molecule has 27 heavy (non-hydrogen) atoms. The minimum Gasteiger partial charge on any atom is -0.429 e. The van der Waals surface area contributed by atoms with Gasteiger partial charge in [0.25, 0.3) is 4.84 Å². The van der Waals surface area contributed by atoms with E-state index in [0.717, 1.165) is 12.1 Å². The maximum atomic E-state index is 12.3. The Kier molecular flexibility index (Phi) is 5.83. The van der Waals surface area contributed by atoms with E-state index in [1.54, 1.807) is 25.1 Å². The van der Waals surface area contributed by atoms with Gasteiger partial charge >= 0.3 is 0 Å². The minimum absolute atomic E-state index is 0.0640. The zero-order valence-corrected chi connectivity index (χ0v) is 17.4. The summed E-state index contributed by atoms with van der Waals surface area (Å²) in [5, 5.41) is 0. The highest BCUT2D eigenvalue weighted by Crippen LogP contribution is 2.22. The molecule has 0 bridgehead atoms. The second-order valence-corrected chi connectivity index (χ2v) is 9.59. The fourth-order valence-electron chi connectivity index (χ4n) is 3.06. The number of benzene rings is 2. The van der Waals surface area contributed by atoms with Crippen LogP contribution in [0.15, 0.2) is 57.8 Å². The quantitative estimate of drug-likeness (QED) is 0.613. The van der Waals surface area contributed by atoms with E-state index in [1.807, 2.05) is 22.8 Å². The number of fused-ring (bicyclic) bond motifs is 1. The smallest absolute Gasteiger partial charge is 0.274 e. The van der Waals surface area contributed by atoms with Crippen molar-refractivity contribution < 1.29 is 17.7 Å². The highest BCUT2D eigenvalue weighted by Gasteiger charge is 2.20. The first kappa shape index (κ1) is 19.8. The molecule has 0 aliphatic heterocycles. The fraction of sp³-hybridized carbons (Fsp3) is 0.350. The summed E-state index contributed by atoms with van der Waals surface area (Å²) in [6, 6.07) is 15.6. The van der Waals surface area contributed by atoms with Gasteiger partial charge in [-0.05, 0) is 44.3 Å². The summed E-state index contributed by atoms with van der Waals surface area (Å²) in [6.45, 7) is 7.42. The van der Waals surface area contributed by atoms with Crippen molar-refractivity contribution in [1.82, 2.24) is 4.57 Å². The Balaban J connectivity index is 2.00. The Labute approximate surface area is 165 Å². The van der Waals surface area contributed by atoms with Crippen molar-refractivity contribution >= 4 is 33.2 Å². The molecule has 144 valence electrons. The molecule has 5 nitrogen and oxygen atoms in total. The van der Waals surface area contributed by atoms with E-state index in [2.05, 4.69) is 26.0 Å². The van der Waals surface area contributed by atoms with Gasteiger partial charge in [-0.1, -0.05) is 37.3 Å². The van der Waals surface area contributed by atoms with Crippen LogP contribution in [0, 0.1) is 4.84 Å². The van der Waals surface area contributed by atoms with Crippen LogP contribution in [0.1, 0.15) is 26.3 Å². The number of aromatic nitrogens is 1. The van der Waals surface area contributed by atoms with Crippen molar-refractivity contribution in [3.63, 3.8) is 0 Å². The van der Waals surface area contributed by atoms with Crippen LogP contribution in [0.25, 0.3) is 11.1 Å². The molecular formula is C20H25N2O3S2+. The number of oxazole rings is 1. The number of hydrogen-bond donors (Lipinski definition) is 1.